The van der Waals surface area contributed by atoms with Gasteiger partial charge in [0, 0.05) is 37.0 Å². The summed E-state index contributed by atoms with van der Waals surface area (Å²) >= 11 is 0. The zero-order chi connectivity index (χ0) is 21.5. The van der Waals surface area contributed by atoms with Crippen LogP contribution in [0.5, 0.6) is 5.75 Å². The number of pyridine rings is 2. The molecule has 3 aromatic rings. The van der Waals surface area contributed by atoms with Gasteiger partial charge in [-0.25, -0.2) is 9.37 Å². The van der Waals surface area contributed by atoms with Crippen molar-refractivity contribution in [2.24, 2.45) is 0 Å². The highest BCUT2D eigenvalue weighted by molar-refractivity contribution is 5.76. The molecule has 1 N–H and O–H groups in total. The second-order valence-electron chi connectivity index (χ2n) is 7.55. The third kappa shape index (κ3) is 5.78. The van der Waals surface area contributed by atoms with Gasteiger partial charge in [0.15, 0.2) is 0 Å². The number of aromatic nitrogens is 2. The molecule has 0 aliphatic carbocycles. The van der Waals surface area contributed by atoms with Crippen molar-refractivity contribution in [3.8, 4) is 5.75 Å². The van der Waals surface area contributed by atoms with Gasteiger partial charge in [-0.1, -0.05) is 12.1 Å². The summed E-state index contributed by atoms with van der Waals surface area (Å²) in [5, 5.41) is 3.23. The SMILES string of the molecule is O=C(CCOc1cccc(F)c1)N1CCC[C@H](c2ccc(Nc3ccccn3)cn2)C1. The molecule has 3 heterocycles. The highest BCUT2D eigenvalue weighted by Crippen LogP contribution is 2.27. The molecule has 1 aliphatic rings. The van der Waals surface area contributed by atoms with Gasteiger partial charge in [-0.2, -0.15) is 0 Å². The number of ether oxygens (including phenoxy) is 1. The third-order valence-corrected chi connectivity index (χ3v) is 5.30. The topological polar surface area (TPSA) is 67.3 Å². The van der Waals surface area contributed by atoms with Crippen LogP contribution >= 0.6 is 0 Å². The van der Waals surface area contributed by atoms with Gasteiger partial charge in [0.25, 0.3) is 0 Å². The number of anilines is 2. The minimum Gasteiger partial charge on any atom is -0.493 e. The molecule has 0 saturated carbocycles. The van der Waals surface area contributed by atoms with Gasteiger partial charge in [-0.3, -0.25) is 9.78 Å². The summed E-state index contributed by atoms with van der Waals surface area (Å²) in [5.41, 5.74) is 1.86. The molecule has 1 amide bonds. The van der Waals surface area contributed by atoms with E-state index in [-0.39, 0.29) is 30.7 Å². The van der Waals surface area contributed by atoms with Gasteiger partial charge in [0.1, 0.15) is 17.4 Å². The van der Waals surface area contributed by atoms with Crippen molar-refractivity contribution in [2.75, 3.05) is 25.0 Å². The number of likely N-dealkylation sites (tertiary alicyclic amines) is 1. The molecule has 0 bridgehead atoms. The Morgan fingerprint density at radius 1 is 1.16 bits per heavy atom. The Hall–Kier alpha value is -3.48. The number of piperidine rings is 1. The number of amides is 1. The van der Waals surface area contributed by atoms with Crippen LogP contribution in [0.25, 0.3) is 0 Å². The number of nitrogens with zero attached hydrogens (tertiary/aromatic N) is 3. The van der Waals surface area contributed by atoms with E-state index in [4.69, 9.17) is 4.74 Å². The van der Waals surface area contributed by atoms with E-state index in [9.17, 15) is 9.18 Å². The van der Waals surface area contributed by atoms with Crippen LogP contribution < -0.4 is 10.1 Å². The smallest absolute Gasteiger partial charge is 0.226 e. The second kappa shape index (κ2) is 10.0. The maximum Gasteiger partial charge on any atom is 0.226 e. The summed E-state index contributed by atoms with van der Waals surface area (Å²) in [6.45, 7) is 1.63. The first kappa shape index (κ1) is 20.8. The van der Waals surface area contributed by atoms with E-state index in [1.807, 2.05) is 35.2 Å². The van der Waals surface area contributed by atoms with Crippen molar-refractivity contribution in [3.05, 3.63) is 78.5 Å². The molecule has 2 aromatic heterocycles. The Labute approximate surface area is 181 Å². The molecule has 4 rings (SSSR count). The minimum atomic E-state index is -0.351. The van der Waals surface area contributed by atoms with Crippen molar-refractivity contribution in [1.29, 1.82) is 0 Å². The fourth-order valence-electron chi connectivity index (χ4n) is 3.72. The Kier molecular flexibility index (Phi) is 6.72. The number of rotatable bonds is 7. The summed E-state index contributed by atoms with van der Waals surface area (Å²) in [5.74, 6) is 1.12. The maximum absolute atomic E-state index is 13.2. The predicted octanol–water partition coefficient (Wildman–Crippen LogP) is 4.53. The number of hydrogen-bond donors (Lipinski definition) is 1. The number of halogens is 1. The van der Waals surface area contributed by atoms with Gasteiger partial charge in [-0.15, -0.1) is 0 Å². The van der Waals surface area contributed by atoms with Crippen LogP contribution in [-0.2, 0) is 4.79 Å². The molecule has 0 unspecified atom stereocenters. The number of carbonyl (C=O) groups excluding carboxylic acids is 1. The lowest BCUT2D eigenvalue weighted by Crippen LogP contribution is -2.39. The molecule has 1 fully saturated rings. The summed E-state index contributed by atoms with van der Waals surface area (Å²) < 4.78 is 18.7. The van der Waals surface area contributed by atoms with E-state index in [1.165, 1.54) is 12.1 Å². The van der Waals surface area contributed by atoms with Crippen molar-refractivity contribution in [2.45, 2.75) is 25.2 Å². The molecule has 31 heavy (non-hydrogen) atoms. The Morgan fingerprint density at radius 2 is 2.10 bits per heavy atom. The van der Waals surface area contributed by atoms with E-state index < -0.39 is 0 Å². The van der Waals surface area contributed by atoms with Crippen molar-refractivity contribution in [3.63, 3.8) is 0 Å². The second-order valence-corrected chi connectivity index (χ2v) is 7.55. The number of nitrogens with one attached hydrogen (secondary N) is 1. The van der Waals surface area contributed by atoms with Crippen LogP contribution in [0.2, 0.25) is 0 Å². The quantitative estimate of drug-likeness (QED) is 0.608. The average Bonchev–Trinajstić information content (AvgIpc) is 2.80. The van der Waals surface area contributed by atoms with Gasteiger partial charge < -0.3 is 15.0 Å². The molecule has 0 spiro atoms. The minimum absolute atomic E-state index is 0.0505. The standard InChI is InChI=1S/C24H25FN4O2/c25-19-6-3-7-21(15-19)31-14-11-24(30)29-13-4-5-18(17-29)22-10-9-20(16-27-22)28-23-8-1-2-12-26-23/h1-3,6-10,12,15-16,18H,4-5,11,13-14,17H2,(H,26,28)/t18-/m0/s1. The fraction of sp³-hybridized carbons (Fsp3) is 0.292. The molecule has 6 nitrogen and oxygen atoms in total. The first-order valence-electron chi connectivity index (χ1n) is 10.5. The van der Waals surface area contributed by atoms with Crippen LogP contribution in [0, 0.1) is 5.82 Å². The molecule has 1 aliphatic heterocycles. The van der Waals surface area contributed by atoms with Crippen molar-refractivity contribution in [1.82, 2.24) is 14.9 Å². The Balaban J connectivity index is 1.29. The van der Waals surface area contributed by atoms with Crippen molar-refractivity contribution >= 4 is 17.4 Å². The molecule has 1 saturated heterocycles. The van der Waals surface area contributed by atoms with Crippen LogP contribution in [-0.4, -0.2) is 40.5 Å². The molecular weight excluding hydrogens is 395 g/mol. The lowest BCUT2D eigenvalue weighted by molar-refractivity contribution is -0.132. The van der Waals surface area contributed by atoms with Crippen LogP contribution in [0.4, 0.5) is 15.9 Å². The first-order chi connectivity index (χ1) is 15.2. The number of carbonyl (C=O) groups is 1. The fourth-order valence-corrected chi connectivity index (χ4v) is 3.72. The molecule has 0 radical (unpaired) electrons. The van der Waals surface area contributed by atoms with Gasteiger partial charge in [-0.05, 0) is 49.2 Å². The van der Waals surface area contributed by atoms with E-state index in [2.05, 4.69) is 15.3 Å². The van der Waals surface area contributed by atoms with E-state index in [0.29, 0.717) is 12.3 Å². The largest absolute Gasteiger partial charge is 0.493 e. The predicted molar refractivity (Wildman–Crippen MR) is 117 cm³/mol. The summed E-state index contributed by atoms with van der Waals surface area (Å²) in [4.78, 5) is 23.4. The third-order valence-electron chi connectivity index (χ3n) is 5.30. The molecular formula is C24H25FN4O2. The normalized spacial score (nSPS) is 16.0. The lowest BCUT2D eigenvalue weighted by Gasteiger charge is -2.32. The van der Waals surface area contributed by atoms with Crippen LogP contribution in [0.1, 0.15) is 30.9 Å². The Bertz CT molecular complexity index is 998. The lowest BCUT2D eigenvalue weighted by atomic mass is 9.94. The highest BCUT2D eigenvalue weighted by atomic mass is 19.1. The average molecular weight is 420 g/mol. The van der Waals surface area contributed by atoms with E-state index in [1.54, 1.807) is 24.5 Å². The van der Waals surface area contributed by atoms with E-state index >= 15 is 0 Å². The van der Waals surface area contributed by atoms with Crippen LogP contribution in [0.3, 0.4) is 0 Å². The zero-order valence-electron chi connectivity index (χ0n) is 17.2. The van der Waals surface area contributed by atoms with Crippen molar-refractivity contribution < 1.29 is 13.9 Å². The maximum atomic E-state index is 13.2. The number of benzene rings is 1. The molecule has 7 heteroatoms. The Morgan fingerprint density at radius 3 is 2.87 bits per heavy atom. The highest BCUT2D eigenvalue weighted by Gasteiger charge is 2.25. The molecule has 160 valence electrons. The summed E-state index contributed by atoms with van der Waals surface area (Å²) in [6.07, 6.45) is 5.75. The van der Waals surface area contributed by atoms with Crippen LogP contribution in [0.15, 0.2) is 67.0 Å². The number of hydrogen-bond acceptors (Lipinski definition) is 5. The monoisotopic (exact) mass is 420 g/mol. The summed E-state index contributed by atoms with van der Waals surface area (Å²) in [6, 6.07) is 15.7. The molecule has 1 aromatic carbocycles. The van der Waals surface area contributed by atoms with E-state index in [0.717, 1.165) is 36.6 Å². The summed E-state index contributed by atoms with van der Waals surface area (Å²) in [7, 11) is 0. The van der Waals surface area contributed by atoms with Gasteiger partial charge >= 0.3 is 0 Å². The first-order valence-corrected chi connectivity index (χ1v) is 10.5. The van der Waals surface area contributed by atoms with Gasteiger partial charge in [0.05, 0.1) is 24.9 Å². The van der Waals surface area contributed by atoms with Gasteiger partial charge in [0.2, 0.25) is 5.91 Å². The molecule has 1 atom stereocenters. The zero-order valence-corrected chi connectivity index (χ0v) is 17.2.